The topological polar surface area (TPSA) is 85.5 Å². The maximum atomic E-state index is 12.5. The molecule has 0 saturated carbocycles. The lowest BCUT2D eigenvalue weighted by atomic mass is 10.1. The quantitative estimate of drug-likeness (QED) is 0.532. The van der Waals surface area contributed by atoms with Crippen LogP contribution in [-0.2, 0) is 4.74 Å². The maximum absolute atomic E-state index is 12.5. The summed E-state index contributed by atoms with van der Waals surface area (Å²) in [4.78, 5) is 13.3. The molecule has 0 fully saturated rings. The van der Waals surface area contributed by atoms with E-state index in [1.807, 2.05) is 29.6 Å². The van der Waals surface area contributed by atoms with Crippen LogP contribution in [0.5, 0.6) is 5.75 Å². The lowest BCUT2D eigenvalue weighted by Crippen LogP contribution is -2.10. The standard InChI is InChI=1S/C19H14N2O4S/c1-11(17-20-21-18(25-17)15-7-4-10-26-15)24-19(23)14-9-8-12-5-2-3-6-13(12)16(14)22/h2-11,22H,1H3/t11-/m1/s1. The van der Waals surface area contributed by atoms with Crippen LogP contribution in [0.1, 0.15) is 29.3 Å². The number of phenolic OH excluding ortho intramolecular Hbond substituents is 1. The average molecular weight is 366 g/mol. The van der Waals surface area contributed by atoms with E-state index in [9.17, 15) is 9.90 Å². The first-order chi connectivity index (χ1) is 12.6. The van der Waals surface area contributed by atoms with E-state index in [1.54, 1.807) is 25.1 Å². The largest absolute Gasteiger partial charge is 0.506 e. The highest BCUT2D eigenvalue weighted by molar-refractivity contribution is 7.13. The Hall–Kier alpha value is -3.19. The molecule has 4 rings (SSSR count). The lowest BCUT2D eigenvalue weighted by Gasteiger charge is -2.11. The summed E-state index contributed by atoms with van der Waals surface area (Å²) in [7, 11) is 0. The van der Waals surface area contributed by atoms with Gasteiger partial charge in [0.05, 0.1) is 4.88 Å². The summed E-state index contributed by atoms with van der Waals surface area (Å²) >= 11 is 1.48. The van der Waals surface area contributed by atoms with Gasteiger partial charge in [-0.15, -0.1) is 21.5 Å². The predicted octanol–water partition coefficient (Wildman–Crippen LogP) is 4.57. The number of phenols is 1. The smallest absolute Gasteiger partial charge is 0.342 e. The number of nitrogens with zero attached hydrogens (tertiary/aromatic N) is 2. The molecular formula is C19H14N2O4S. The summed E-state index contributed by atoms with van der Waals surface area (Å²) in [5.74, 6) is -0.185. The summed E-state index contributed by atoms with van der Waals surface area (Å²) in [6.07, 6.45) is -0.741. The summed E-state index contributed by atoms with van der Waals surface area (Å²) in [5.41, 5.74) is 0.0912. The molecule has 0 bridgehead atoms. The van der Waals surface area contributed by atoms with Gasteiger partial charge >= 0.3 is 5.97 Å². The number of benzene rings is 2. The highest BCUT2D eigenvalue weighted by atomic mass is 32.1. The van der Waals surface area contributed by atoms with Gasteiger partial charge in [-0.3, -0.25) is 0 Å². The van der Waals surface area contributed by atoms with Crippen LogP contribution in [0.15, 0.2) is 58.3 Å². The van der Waals surface area contributed by atoms with Crippen LogP contribution in [0.4, 0.5) is 0 Å². The fraction of sp³-hybridized carbons (Fsp3) is 0.105. The highest BCUT2D eigenvalue weighted by Crippen LogP contribution is 2.31. The third-order valence-corrected chi connectivity index (χ3v) is 4.78. The van der Waals surface area contributed by atoms with Gasteiger partial charge in [0.2, 0.25) is 0 Å². The van der Waals surface area contributed by atoms with Gasteiger partial charge in [0.1, 0.15) is 11.3 Å². The van der Waals surface area contributed by atoms with E-state index in [-0.39, 0.29) is 17.2 Å². The molecule has 4 aromatic rings. The van der Waals surface area contributed by atoms with Crippen molar-refractivity contribution in [2.75, 3.05) is 0 Å². The minimum atomic E-state index is -0.741. The first kappa shape index (κ1) is 16.3. The van der Waals surface area contributed by atoms with Crippen molar-refractivity contribution < 1.29 is 19.1 Å². The van der Waals surface area contributed by atoms with Gasteiger partial charge in [-0.2, -0.15) is 0 Å². The van der Waals surface area contributed by atoms with Crippen molar-refractivity contribution in [2.24, 2.45) is 0 Å². The van der Waals surface area contributed by atoms with Gasteiger partial charge in [-0.05, 0) is 29.8 Å². The van der Waals surface area contributed by atoms with Gasteiger partial charge in [-0.1, -0.05) is 36.4 Å². The van der Waals surface area contributed by atoms with Crippen LogP contribution in [-0.4, -0.2) is 21.3 Å². The van der Waals surface area contributed by atoms with Gasteiger partial charge in [-0.25, -0.2) is 4.79 Å². The fourth-order valence-corrected chi connectivity index (χ4v) is 3.24. The van der Waals surface area contributed by atoms with E-state index in [0.29, 0.717) is 11.3 Å². The fourth-order valence-electron chi connectivity index (χ4n) is 2.59. The van der Waals surface area contributed by atoms with Gasteiger partial charge in [0, 0.05) is 5.39 Å². The molecular weight excluding hydrogens is 352 g/mol. The number of carbonyl (C=O) groups is 1. The summed E-state index contributed by atoms with van der Waals surface area (Å²) in [6, 6.07) is 14.3. The molecule has 0 unspecified atom stereocenters. The van der Waals surface area contributed by atoms with Crippen LogP contribution in [0, 0.1) is 0 Å². The third kappa shape index (κ3) is 2.93. The molecule has 26 heavy (non-hydrogen) atoms. The Bertz CT molecular complexity index is 1070. The van der Waals surface area contributed by atoms with Gasteiger partial charge in [0.15, 0.2) is 6.10 Å². The molecule has 0 radical (unpaired) electrons. The SMILES string of the molecule is C[C@@H](OC(=O)c1ccc2ccccc2c1O)c1nnc(-c2cccs2)o1. The molecule has 6 nitrogen and oxygen atoms in total. The summed E-state index contributed by atoms with van der Waals surface area (Å²) < 4.78 is 11.0. The zero-order valence-electron chi connectivity index (χ0n) is 13.7. The minimum Gasteiger partial charge on any atom is -0.506 e. The van der Waals surface area contributed by atoms with Crippen molar-refractivity contribution in [3.63, 3.8) is 0 Å². The lowest BCUT2D eigenvalue weighted by molar-refractivity contribution is 0.0277. The summed E-state index contributed by atoms with van der Waals surface area (Å²) in [5, 5.41) is 21.6. The number of esters is 1. The molecule has 130 valence electrons. The normalized spacial score (nSPS) is 12.2. The maximum Gasteiger partial charge on any atom is 0.342 e. The Kier molecular flexibility index (Phi) is 4.14. The molecule has 1 atom stereocenters. The second kappa shape index (κ2) is 6.61. The number of fused-ring (bicyclic) bond motifs is 1. The number of aromatic hydroxyl groups is 1. The zero-order chi connectivity index (χ0) is 18.1. The first-order valence-electron chi connectivity index (χ1n) is 7.92. The molecule has 7 heteroatoms. The Morgan fingerprint density at radius 2 is 2.00 bits per heavy atom. The zero-order valence-corrected chi connectivity index (χ0v) is 14.6. The molecule has 2 aromatic heterocycles. The number of ether oxygens (including phenoxy) is 1. The van der Waals surface area contributed by atoms with Crippen molar-refractivity contribution in [1.82, 2.24) is 10.2 Å². The second-order valence-corrected chi connectivity index (χ2v) is 6.60. The van der Waals surface area contributed by atoms with Crippen molar-refractivity contribution in [3.05, 3.63) is 65.4 Å². The molecule has 1 N–H and O–H groups in total. The second-order valence-electron chi connectivity index (χ2n) is 5.65. The van der Waals surface area contributed by atoms with Crippen LogP contribution in [0.25, 0.3) is 21.5 Å². The van der Waals surface area contributed by atoms with Gasteiger partial charge in [0.25, 0.3) is 11.8 Å². The Balaban J connectivity index is 1.55. The van der Waals surface area contributed by atoms with Gasteiger partial charge < -0.3 is 14.3 Å². The van der Waals surface area contributed by atoms with Crippen molar-refractivity contribution >= 4 is 28.1 Å². The number of aromatic nitrogens is 2. The van der Waals surface area contributed by atoms with Crippen LogP contribution < -0.4 is 0 Å². The minimum absolute atomic E-state index is 0.0912. The molecule has 0 amide bonds. The van der Waals surface area contributed by atoms with Crippen molar-refractivity contribution in [2.45, 2.75) is 13.0 Å². The van der Waals surface area contributed by atoms with E-state index in [2.05, 4.69) is 10.2 Å². The molecule has 0 aliphatic rings. The van der Waals surface area contributed by atoms with Crippen molar-refractivity contribution in [3.8, 4) is 16.5 Å². The number of thiophene rings is 1. The first-order valence-corrected chi connectivity index (χ1v) is 8.80. The molecule has 0 aliphatic carbocycles. The van der Waals surface area contributed by atoms with Crippen molar-refractivity contribution in [1.29, 1.82) is 0 Å². The Labute approximate surface area is 152 Å². The Morgan fingerprint density at radius 1 is 1.15 bits per heavy atom. The number of carbonyl (C=O) groups excluding carboxylic acids is 1. The predicted molar refractivity (Wildman–Crippen MR) is 97.1 cm³/mol. The van der Waals surface area contributed by atoms with E-state index >= 15 is 0 Å². The third-order valence-electron chi connectivity index (χ3n) is 3.92. The van der Waals surface area contributed by atoms with E-state index in [4.69, 9.17) is 9.15 Å². The number of hydrogen-bond donors (Lipinski definition) is 1. The molecule has 0 aliphatic heterocycles. The average Bonchev–Trinajstić information content (AvgIpc) is 3.33. The summed E-state index contributed by atoms with van der Waals surface area (Å²) in [6.45, 7) is 1.64. The van der Waals surface area contributed by atoms with E-state index in [1.165, 1.54) is 17.4 Å². The van der Waals surface area contributed by atoms with E-state index < -0.39 is 12.1 Å². The number of rotatable bonds is 4. The molecule has 2 aromatic carbocycles. The highest BCUT2D eigenvalue weighted by Gasteiger charge is 2.22. The van der Waals surface area contributed by atoms with Crippen LogP contribution in [0.3, 0.4) is 0 Å². The number of hydrogen-bond acceptors (Lipinski definition) is 7. The molecule has 0 saturated heterocycles. The molecule has 0 spiro atoms. The molecule has 2 heterocycles. The van der Waals surface area contributed by atoms with Crippen LogP contribution in [0.2, 0.25) is 0 Å². The van der Waals surface area contributed by atoms with Crippen LogP contribution >= 0.6 is 11.3 Å². The van der Waals surface area contributed by atoms with E-state index in [0.717, 1.165) is 10.3 Å². The Morgan fingerprint density at radius 3 is 2.81 bits per heavy atom. The monoisotopic (exact) mass is 366 g/mol.